The molecule has 0 radical (unpaired) electrons. The van der Waals surface area contributed by atoms with E-state index >= 15 is 0 Å². The zero-order valence-electron chi connectivity index (χ0n) is 9.93. The maximum atomic E-state index is 11.9. The molecule has 0 saturated heterocycles. The van der Waals surface area contributed by atoms with Gasteiger partial charge >= 0.3 is 6.18 Å². The molecule has 1 aromatic rings. The summed E-state index contributed by atoms with van der Waals surface area (Å²) in [5, 5.41) is 0. The molecule has 0 aromatic heterocycles. The number of halogens is 4. The molecule has 2 N–H and O–H groups in total. The number of benzene rings is 1. The van der Waals surface area contributed by atoms with Crippen LogP contribution in [-0.4, -0.2) is 12.8 Å². The summed E-state index contributed by atoms with van der Waals surface area (Å²) in [5.74, 6) is 0.529. The van der Waals surface area contributed by atoms with Crippen LogP contribution in [0.4, 0.5) is 13.2 Å². The normalized spacial score (nSPS) is 13.4. The maximum Gasteiger partial charge on any atom is 0.389 e. The van der Waals surface area contributed by atoms with Gasteiger partial charge < -0.3 is 10.5 Å². The SMILES string of the molecule is C[C@@H](N)c1ccc(OCCCC(F)(F)F)c(Br)c1. The smallest absolute Gasteiger partial charge is 0.389 e. The molecule has 1 rings (SSSR count). The Balaban J connectivity index is 2.48. The van der Waals surface area contributed by atoms with Crippen LogP contribution in [0.25, 0.3) is 0 Å². The number of hydrogen-bond donors (Lipinski definition) is 1. The average Bonchev–Trinajstić information content (AvgIpc) is 2.24. The predicted octanol–water partition coefficient (Wildman–Crippen LogP) is 4.19. The highest BCUT2D eigenvalue weighted by Gasteiger charge is 2.26. The standard InChI is InChI=1S/C12H15BrF3NO/c1-8(17)9-3-4-11(10(13)7-9)18-6-2-5-12(14,15)16/h3-4,7-8H,2,5-6,17H2,1H3/t8-/m1/s1. The molecule has 6 heteroatoms. The Kier molecular flexibility index (Phi) is 5.47. The van der Waals surface area contributed by atoms with Crippen molar-refractivity contribution in [3.8, 4) is 5.75 Å². The maximum absolute atomic E-state index is 11.9. The number of rotatable bonds is 5. The zero-order chi connectivity index (χ0) is 13.8. The Morgan fingerprint density at radius 2 is 2.06 bits per heavy atom. The lowest BCUT2D eigenvalue weighted by atomic mass is 10.1. The highest BCUT2D eigenvalue weighted by molar-refractivity contribution is 9.10. The molecule has 0 fully saturated rings. The van der Waals surface area contributed by atoms with Gasteiger partial charge in [0.25, 0.3) is 0 Å². The minimum atomic E-state index is -4.13. The van der Waals surface area contributed by atoms with Crippen LogP contribution in [0.5, 0.6) is 5.75 Å². The molecule has 0 aliphatic heterocycles. The fourth-order valence-corrected chi connectivity index (χ4v) is 1.88. The van der Waals surface area contributed by atoms with Gasteiger partial charge in [-0.15, -0.1) is 0 Å². The molecule has 0 aliphatic carbocycles. The topological polar surface area (TPSA) is 35.2 Å². The lowest BCUT2D eigenvalue weighted by molar-refractivity contribution is -0.136. The Morgan fingerprint density at radius 3 is 2.56 bits per heavy atom. The summed E-state index contributed by atoms with van der Waals surface area (Å²) in [4.78, 5) is 0. The van der Waals surface area contributed by atoms with Crippen LogP contribution in [-0.2, 0) is 0 Å². The van der Waals surface area contributed by atoms with Gasteiger partial charge in [0.05, 0.1) is 11.1 Å². The van der Waals surface area contributed by atoms with E-state index in [2.05, 4.69) is 15.9 Å². The Hall–Kier alpha value is -0.750. The Morgan fingerprint density at radius 1 is 1.39 bits per heavy atom. The summed E-state index contributed by atoms with van der Waals surface area (Å²) in [6.07, 6.45) is -5.01. The summed E-state index contributed by atoms with van der Waals surface area (Å²) >= 11 is 3.30. The molecule has 0 heterocycles. The summed E-state index contributed by atoms with van der Waals surface area (Å²) in [6.45, 7) is 1.89. The van der Waals surface area contributed by atoms with E-state index in [-0.39, 0.29) is 19.1 Å². The first-order chi connectivity index (χ1) is 8.29. The van der Waals surface area contributed by atoms with Crippen molar-refractivity contribution in [3.63, 3.8) is 0 Å². The van der Waals surface area contributed by atoms with Crippen LogP contribution >= 0.6 is 15.9 Å². The Labute approximate surface area is 112 Å². The summed E-state index contributed by atoms with van der Waals surface area (Å²) < 4.78 is 41.7. The first-order valence-electron chi connectivity index (χ1n) is 5.54. The fourth-order valence-electron chi connectivity index (χ4n) is 1.37. The van der Waals surface area contributed by atoms with E-state index in [9.17, 15) is 13.2 Å². The third-order valence-electron chi connectivity index (χ3n) is 2.34. The van der Waals surface area contributed by atoms with E-state index in [0.29, 0.717) is 10.2 Å². The number of hydrogen-bond acceptors (Lipinski definition) is 2. The van der Waals surface area contributed by atoms with Crippen molar-refractivity contribution in [1.82, 2.24) is 0 Å². The zero-order valence-corrected chi connectivity index (χ0v) is 11.5. The van der Waals surface area contributed by atoms with Crippen LogP contribution in [0.1, 0.15) is 31.4 Å². The van der Waals surface area contributed by atoms with Crippen LogP contribution < -0.4 is 10.5 Å². The lowest BCUT2D eigenvalue weighted by Gasteiger charge is -2.12. The monoisotopic (exact) mass is 325 g/mol. The molecule has 0 bridgehead atoms. The molecule has 0 saturated carbocycles. The van der Waals surface area contributed by atoms with Gasteiger partial charge in [0, 0.05) is 12.5 Å². The van der Waals surface area contributed by atoms with E-state index in [1.807, 2.05) is 13.0 Å². The van der Waals surface area contributed by atoms with Crippen molar-refractivity contribution in [1.29, 1.82) is 0 Å². The van der Waals surface area contributed by atoms with Gasteiger partial charge in [-0.2, -0.15) is 13.2 Å². The molecule has 102 valence electrons. The van der Waals surface area contributed by atoms with E-state index in [1.165, 1.54) is 0 Å². The molecule has 18 heavy (non-hydrogen) atoms. The highest BCUT2D eigenvalue weighted by atomic mass is 79.9. The first kappa shape index (κ1) is 15.3. The minimum absolute atomic E-state index is 0.0373. The van der Waals surface area contributed by atoms with Gasteiger partial charge in [-0.05, 0) is 47.0 Å². The van der Waals surface area contributed by atoms with Gasteiger partial charge in [0.2, 0.25) is 0 Å². The van der Waals surface area contributed by atoms with Crippen molar-refractivity contribution < 1.29 is 17.9 Å². The van der Waals surface area contributed by atoms with E-state index < -0.39 is 12.6 Å². The molecule has 0 aliphatic rings. The van der Waals surface area contributed by atoms with Crippen molar-refractivity contribution >= 4 is 15.9 Å². The summed E-state index contributed by atoms with van der Waals surface area (Å²) in [7, 11) is 0. The predicted molar refractivity (Wildman–Crippen MR) is 67.5 cm³/mol. The lowest BCUT2D eigenvalue weighted by Crippen LogP contribution is -2.10. The minimum Gasteiger partial charge on any atom is -0.492 e. The third-order valence-corrected chi connectivity index (χ3v) is 2.96. The van der Waals surface area contributed by atoms with Crippen LogP contribution in [0.3, 0.4) is 0 Å². The second kappa shape index (κ2) is 6.43. The molecular formula is C12H15BrF3NO. The molecule has 1 aromatic carbocycles. The highest BCUT2D eigenvalue weighted by Crippen LogP contribution is 2.28. The largest absolute Gasteiger partial charge is 0.492 e. The first-order valence-corrected chi connectivity index (χ1v) is 6.33. The summed E-state index contributed by atoms with van der Waals surface area (Å²) in [5.41, 5.74) is 6.65. The number of alkyl halides is 3. The fraction of sp³-hybridized carbons (Fsp3) is 0.500. The van der Waals surface area contributed by atoms with Gasteiger partial charge in [-0.3, -0.25) is 0 Å². The van der Waals surface area contributed by atoms with Gasteiger partial charge in [0.15, 0.2) is 0 Å². The molecule has 0 unspecified atom stereocenters. The van der Waals surface area contributed by atoms with Crippen molar-refractivity contribution in [2.24, 2.45) is 5.73 Å². The van der Waals surface area contributed by atoms with Gasteiger partial charge in [-0.1, -0.05) is 6.07 Å². The second-order valence-corrected chi connectivity index (χ2v) is 4.90. The van der Waals surface area contributed by atoms with Gasteiger partial charge in [0.1, 0.15) is 5.75 Å². The van der Waals surface area contributed by atoms with Crippen LogP contribution in [0, 0.1) is 0 Å². The number of ether oxygens (including phenoxy) is 1. The third kappa shape index (κ3) is 5.27. The van der Waals surface area contributed by atoms with E-state index in [0.717, 1.165) is 5.56 Å². The van der Waals surface area contributed by atoms with Crippen molar-refractivity contribution in [2.45, 2.75) is 32.0 Å². The van der Waals surface area contributed by atoms with Gasteiger partial charge in [-0.25, -0.2) is 0 Å². The Bertz CT molecular complexity index is 393. The van der Waals surface area contributed by atoms with E-state index in [4.69, 9.17) is 10.5 Å². The molecule has 0 spiro atoms. The van der Waals surface area contributed by atoms with E-state index in [1.54, 1.807) is 12.1 Å². The molecular weight excluding hydrogens is 311 g/mol. The quantitative estimate of drug-likeness (QED) is 0.824. The molecule has 0 amide bonds. The number of nitrogens with two attached hydrogens (primary N) is 1. The van der Waals surface area contributed by atoms with Crippen LogP contribution in [0.15, 0.2) is 22.7 Å². The average molecular weight is 326 g/mol. The van der Waals surface area contributed by atoms with Crippen molar-refractivity contribution in [2.75, 3.05) is 6.61 Å². The second-order valence-electron chi connectivity index (χ2n) is 4.05. The molecule has 1 atom stereocenters. The molecule has 2 nitrogen and oxygen atoms in total. The summed E-state index contributed by atoms with van der Waals surface area (Å²) in [6, 6.07) is 5.22. The van der Waals surface area contributed by atoms with Crippen molar-refractivity contribution in [3.05, 3.63) is 28.2 Å². The van der Waals surface area contributed by atoms with Crippen LogP contribution in [0.2, 0.25) is 0 Å².